The van der Waals surface area contributed by atoms with Crippen molar-refractivity contribution in [1.29, 1.82) is 0 Å². The Balaban J connectivity index is 1.80. The molecule has 0 heterocycles. The van der Waals surface area contributed by atoms with Gasteiger partial charge in [-0.2, -0.15) is 0 Å². The lowest BCUT2D eigenvalue weighted by atomic mass is 10.4. The quantitative estimate of drug-likeness (QED) is 0.815. The van der Waals surface area contributed by atoms with E-state index in [4.69, 9.17) is 0 Å². The average Bonchev–Trinajstić information content (AvgIpc) is 3.30. The van der Waals surface area contributed by atoms with Crippen molar-refractivity contribution in [3.05, 3.63) is 24.3 Å². The molecule has 1 aromatic rings. The van der Waals surface area contributed by atoms with Gasteiger partial charge in [0, 0.05) is 11.1 Å². The van der Waals surface area contributed by atoms with Gasteiger partial charge >= 0.3 is 0 Å². The molecule has 0 spiro atoms. The molecule has 0 saturated heterocycles. The van der Waals surface area contributed by atoms with Crippen molar-refractivity contribution in [1.82, 2.24) is 9.44 Å². The summed E-state index contributed by atoms with van der Waals surface area (Å²) in [5, 5.41) is 0. The number of hydrogen-bond acceptors (Lipinski definition) is 4. The van der Waals surface area contributed by atoms with E-state index in [0.717, 1.165) is 25.7 Å². The van der Waals surface area contributed by atoms with Crippen molar-refractivity contribution in [2.75, 3.05) is 0 Å². The molecule has 0 bridgehead atoms. The molecule has 22 heavy (non-hydrogen) atoms. The Morgan fingerprint density at radius 1 is 0.727 bits per heavy atom. The van der Waals surface area contributed by atoms with Crippen LogP contribution < -0.4 is 9.44 Å². The molecule has 3 rings (SSSR count). The fourth-order valence-corrected chi connectivity index (χ4v) is 5.07. The van der Waals surface area contributed by atoms with Crippen molar-refractivity contribution < 1.29 is 16.8 Å². The summed E-state index contributed by atoms with van der Waals surface area (Å²) < 4.78 is 54.1. The number of benzene rings is 1. The molecule has 0 amide bonds. The van der Waals surface area contributed by atoms with Crippen LogP contribution in [-0.2, 0) is 20.0 Å². The fraction of sp³-hybridized carbons (Fsp3) is 0.571. The number of sulfonamides is 2. The third-order valence-electron chi connectivity index (χ3n) is 4.21. The Labute approximate surface area is 131 Å². The minimum Gasteiger partial charge on any atom is -0.207 e. The Hall–Kier alpha value is -0.960. The molecule has 8 heteroatoms. The van der Waals surface area contributed by atoms with E-state index in [1.807, 2.05) is 13.8 Å². The van der Waals surface area contributed by atoms with Crippen LogP contribution in [-0.4, -0.2) is 27.9 Å². The third kappa shape index (κ3) is 3.34. The van der Waals surface area contributed by atoms with Crippen LogP contribution in [0.5, 0.6) is 0 Å². The Morgan fingerprint density at radius 2 is 1.00 bits per heavy atom. The number of rotatable bonds is 6. The van der Waals surface area contributed by atoms with Crippen LogP contribution in [0.3, 0.4) is 0 Å². The topological polar surface area (TPSA) is 92.3 Å². The van der Waals surface area contributed by atoms with Gasteiger partial charge in [-0.1, -0.05) is 0 Å². The molecule has 2 aliphatic rings. The molecule has 0 aliphatic heterocycles. The highest BCUT2D eigenvalue weighted by Gasteiger charge is 2.42. The molecule has 122 valence electrons. The molecule has 2 saturated carbocycles. The molecule has 0 unspecified atom stereocenters. The highest BCUT2D eigenvalue weighted by molar-refractivity contribution is 7.90. The second kappa shape index (κ2) is 4.77. The van der Waals surface area contributed by atoms with Crippen LogP contribution in [0.15, 0.2) is 34.1 Å². The molecular formula is C14H20N2O4S2. The fourth-order valence-electron chi connectivity index (χ4n) is 2.14. The second-order valence-electron chi connectivity index (χ2n) is 6.80. The minimum absolute atomic E-state index is 0.0807. The van der Waals surface area contributed by atoms with E-state index in [2.05, 4.69) is 9.44 Å². The molecule has 1 aromatic carbocycles. The maximum atomic E-state index is 12.2. The minimum atomic E-state index is -3.61. The summed E-state index contributed by atoms with van der Waals surface area (Å²) in [5.74, 6) is 0. The number of nitrogens with one attached hydrogen (secondary N) is 2. The van der Waals surface area contributed by atoms with E-state index in [9.17, 15) is 16.8 Å². The molecule has 0 radical (unpaired) electrons. The van der Waals surface area contributed by atoms with Crippen molar-refractivity contribution >= 4 is 20.0 Å². The zero-order chi connectivity index (χ0) is 16.2. The first-order valence-electron chi connectivity index (χ1n) is 7.22. The number of hydrogen-bond donors (Lipinski definition) is 2. The van der Waals surface area contributed by atoms with E-state index in [0.29, 0.717) is 0 Å². The SMILES string of the molecule is CC1(NS(=O)(=O)c2ccc(S(=O)(=O)NC3(C)CC3)cc2)CC1. The van der Waals surface area contributed by atoms with Crippen LogP contribution in [0.4, 0.5) is 0 Å². The standard InChI is InChI=1S/C14H20N2O4S2/c1-13(7-8-13)15-21(17,18)11-3-5-12(6-4-11)22(19,20)16-14(2)9-10-14/h3-6,15-16H,7-10H2,1-2H3. The van der Waals surface area contributed by atoms with Gasteiger partial charge in [0.15, 0.2) is 0 Å². The van der Waals surface area contributed by atoms with Crippen LogP contribution in [0, 0.1) is 0 Å². The van der Waals surface area contributed by atoms with Crippen molar-refractivity contribution in [2.24, 2.45) is 0 Å². The summed E-state index contributed by atoms with van der Waals surface area (Å²) in [5.41, 5.74) is -0.711. The maximum Gasteiger partial charge on any atom is 0.241 e. The van der Waals surface area contributed by atoms with Gasteiger partial charge in [0.25, 0.3) is 0 Å². The highest BCUT2D eigenvalue weighted by Crippen LogP contribution is 2.37. The van der Waals surface area contributed by atoms with Gasteiger partial charge < -0.3 is 0 Å². The molecule has 0 atom stereocenters. The van der Waals surface area contributed by atoms with Gasteiger partial charge in [0.05, 0.1) is 9.79 Å². The lowest BCUT2D eigenvalue weighted by Crippen LogP contribution is -2.35. The molecule has 2 fully saturated rings. The van der Waals surface area contributed by atoms with E-state index in [-0.39, 0.29) is 20.9 Å². The molecule has 6 nitrogen and oxygen atoms in total. The zero-order valence-corrected chi connectivity index (χ0v) is 14.2. The molecule has 2 aliphatic carbocycles. The van der Waals surface area contributed by atoms with Crippen molar-refractivity contribution in [3.63, 3.8) is 0 Å². The molecule has 0 aromatic heterocycles. The smallest absolute Gasteiger partial charge is 0.207 e. The lowest BCUT2D eigenvalue weighted by molar-refractivity contribution is 0.554. The summed E-state index contributed by atoms with van der Waals surface area (Å²) in [6, 6.07) is 5.32. The van der Waals surface area contributed by atoms with Gasteiger partial charge in [0.2, 0.25) is 20.0 Å². The van der Waals surface area contributed by atoms with Crippen molar-refractivity contribution in [3.8, 4) is 0 Å². The summed E-state index contributed by atoms with van der Waals surface area (Å²) in [7, 11) is -7.21. The molecular weight excluding hydrogens is 324 g/mol. The van der Waals surface area contributed by atoms with Gasteiger partial charge in [-0.25, -0.2) is 26.3 Å². The first-order valence-corrected chi connectivity index (χ1v) is 10.2. The second-order valence-corrected chi connectivity index (χ2v) is 10.2. The van der Waals surface area contributed by atoms with E-state index in [1.54, 1.807) is 0 Å². The van der Waals surface area contributed by atoms with Crippen molar-refractivity contribution in [2.45, 2.75) is 60.4 Å². The predicted molar refractivity (Wildman–Crippen MR) is 82.4 cm³/mol. The average molecular weight is 344 g/mol. The summed E-state index contributed by atoms with van der Waals surface area (Å²) in [4.78, 5) is 0.161. The lowest BCUT2D eigenvalue weighted by Gasteiger charge is -2.14. The first kappa shape index (κ1) is 15.9. The first-order chi connectivity index (χ1) is 10.0. The maximum absolute atomic E-state index is 12.2. The van der Waals surface area contributed by atoms with E-state index in [1.165, 1.54) is 24.3 Å². The predicted octanol–water partition coefficient (Wildman–Crippen LogP) is 1.35. The molecule has 2 N–H and O–H groups in total. The highest BCUT2D eigenvalue weighted by atomic mass is 32.2. The Bertz CT molecular complexity index is 721. The Morgan fingerprint density at radius 3 is 1.23 bits per heavy atom. The van der Waals surface area contributed by atoms with Crippen LogP contribution in [0.2, 0.25) is 0 Å². The summed E-state index contributed by atoms with van der Waals surface area (Å²) in [6.45, 7) is 3.70. The largest absolute Gasteiger partial charge is 0.241 e. The van der Waals surface area contributed by atoms with Gasteiger partial charge in [-0.3, -0.25) is 0 Å². The summed E-state index contributed by atoms with van der Waals surface area (Å²) in [6.07, 6.45) is 3.28. The van der Waals surface area contributed by atoms with Crippen LogP contribution in [0.25, 0.3) is 0 Å². The van der Waals surface area contributed by atoms with Crippen LogP contribution >= 0.6 is 0 Å². The van der Waals surface area contributed by atoms with Gasteiger partial charge in [-0.15, -0.1) is 0 Å². The van der Waals surface area contributed by atoms with E-state index < -0.39 is 20.0 Å². The monoisotopic (exact) mass is 344 g/mol. The van der Waals surface area contributed by atoms with Gasteiger partial charge in [0.1, 0.15) is 0 Å². The Kier molecular flexibility index (Phi) is 3.45. The van der Waals surface area contributed by atoms with Crippen LogP contribution in [0.1, 0.15) is 39.5 Å². The summed E-state index contributed by atoms with van der Waals surface area (Å²) >= 11 is 0. The normalized spacial score (nSPS) is 22.3. The van der Waals surface area contributed by atoms with E-state index >= 15 is 0 Å². The third-order valence-corrected chi connectivity index (χ3v) is 7.51. The van der Waals surface area contributed by atoms with Gasteiger partial charge in [-0.05, 0) is 63.8 Å². The zero-order valence-electron chi connectivity index (χ0n) is 12.6.